The van der Waals surface area contributed by atoms with Gasteiger partial charge in [-0.25, -0.2) is 0 Å². The van der Waals surface area contributed by atoms with Crippen molar-refractivity contribution in [3.63, 3.8) is 0 Å². The maximum Gasteiger partial charge on any atom is 0.191 e. The first-order valence-corrected chi connectivity index (χ1v) is 10.6. The number of aryl methyl sites for hydroxylation is 2. The topological polar surface area (TPSA) is 64.1 Å². The maximum absolute atomic E-state index is 5.81. The zero-order valence-corrected chi connectivity index (χ0v) is 19.2. The fourth-order valence-corrected chi connectivity index (χ4v) is 2.96. The predicted molar refractivity (Wildman–Crippen MR) is 133 cm³/mol. The van der Waals surface area contributed by atoms with Gasteiger partial charge in [0.05, 0.1) is 13.3 Å². The third kappa shape index (κ3) is 7.28. The normalized spacial score (nSPS) is 10.6. The second-order valence-electron chi connectivity index (χ2n) is 7.11. The van der Waals surface area contributed by atoms with Crippen molar-refractivity contribution in [1.82, 2.24) is 5.43 Å². The summed E-state index contributed by atoms with van der Waals surface area (Å²) >= 11 is 5.26. The molecule has 3 aromatic rings. The van der Waals surface area contributed by atoms with Crippen LogP contribution in [-0.2, 0) is 0 Å². The van der Waals surface area contributed by atoms with Gasteiger partial charge in [0.2, 0.25) is 0 Å². The van der Waals surface area contributed by atoms with Crippen molar-refractivity contribution < 1.29 is 14.2 Å². The monoisotopic (exact) mass is 449 g/mol. The second-order valence-corrected chi connectivity index (χ2v) is 7.52. The van der Waals surface area contributed by atoms with Gasteiger partial charge in [0.25, 0.3) is 0 Å². The molecule has 3 rings (SSSR count). The summed E-state index contributed by atoms with van der Waals surface area (Å²) in [5.74, 6) is 2.08. The first-order valence-electron chi connectivity index (χ1n) is 10.2. The molecule has 0 unspecified atom stereocenters. The van der Waals surface area contributed by atoms with E-state index in [2.05, 4.69) is 15.8 Å². The Balaban J connectivity index is 1.47. The Hall–Kier alpha value is -3.58. The van der Waals surface area contributed by atoms with E-state index in [4.69, 9.17) is 26.4 Å². The first-order chi connectivity index (χ1) is 15.5. The standard InChI is InChI=1S/C25H27N3O3S/c1-18-4-9-21(10-5-18)27-25(32)28-26-17-20-8-13-23(24(16-20)29-3)31-15-14-30-22-11-6-19(2)7-12-22/h4-13,16-17H,14-15H2,1-3H3,(H2,27,28,32). The number of rotatable bonds is 9. The number of hydrazone groups is 1. The number of methoxy groups -OCH3 is 1. The molecule has 0 saturated heterocycles. The lowest BCUT2D eigenvalue weighted by atomic mass is 10.2. The third-order valence-corrected chi connectivity index (χ3v) is 4.70. The largest absolute Gasteiger partial charge is 0.493 e. The highest BCUT2D eigenvalue weighted by atomic mass is 32.1. The molecule has 2 N–H and O–H groups in total. The molecule has 0 radical (unpaired) electrons. The van der Waals surface area contributed by atoms with Gasteiger partial charge in [-0.05, 0) is 74.1 Å². The number of nitrogens with one attached hydrogen (secondary N) is 2. The number of anilines is 1. The van der Waals surface area contributed by atoms with Crippen LogP contribution in [0.5, 0.6) is 17.2 Å². The SMILES string of the molecule is COc1cc(C=NNC(=S)Nc2ccc(C)cc2)ccc1OCCOc1ccc(C)cc1. The molecule has 6 nitrogen and oxygen atoms in total. The lowest BCUT2D eigenvalue weighted by Crippen LogP contribution is -2.23. The Bertz CT molecular complexity index is 1050. The first kappa shape index (κ1) is 23.1. The Morgan fingerprint density at radius 1 is 0.875 bits per heavy atom. The Morgan fingerprint density at radius 2 is 1.53 bits per heavy atom. The highest BCUT2D eigenvalue weighted by molar-refractivity contribution is 7.80. The highest BCUT2D eigenvalue weighted by Crippen LogP contribution is 2.27. The molecule has 0 spiro atoms. The average molecular weight is 450 g/mol. The van der Waals surface area contributed by atoms with Crippen LogP contribution >= 0.6 is 12.2 Å². The molecule has 0 fully saturated rings. The van der Waals surface area contributed by atoms with Gasteiger partial charge in [-0.2, -0.15) is 5.10 Å². The molecule has 0 amide bonds. The lowest BCUT2D eigenvalue weighted by molar-refractivity contribution is 0.211. The van der Waals surface area contributed by atoms with Crippen LogP contribution in [0.4, 0.5) is 5.69 Å². The number of nitrogens with zero attached hydrogens (tertiary/aromatic N) is 1. The van der Waals surface area contributed by atoms with Gasteiger partial charge in [0.1, 0.15) is 19.0 Å². The van der Waals surface area contributed by atoms with E-state index >= 15 is 0 Å². The summed E-state index contributed by atoms with van der Waals surface area (Å²) in [6, 6.07) is 21.4. The molecule has 3 aromatic carbocycles. The third-order valence-electron chi connectivity index (χ3n) is 4.51. The van der Waals surface area contributed by atoms with Crippen LogP contribution in [0.2, 0.25) is 0 Å². The maximum atomic E-state index is 5.81. The van der Waals surface area contributed by atoms with Crippen molar-refractivity contribution >= 4 is 29.2 Å². The van der Waals surface area contributed by atoms with E-state index in [1.807, 2.05) is 80.6 Å². The minimum absolute atomic E-state index is 0.401. The zero-order valence-electron chi connectivity index (χ0n) is 18.4. The van der Waals surface area contributed by atoms with Crippen LogP contribution in [0, 0.1) is 13.8 Å². The summed E-state index contributed by atoms with van der Waals surface area (Å²) in [6.07, 6.45) is 1.66. The van der Waals surface area contributed by atoms with Crippen LogP contribution in [0.3, 0.4) is 0 Å². The molecule has 0 atom stereocenters. The van der Waals surface area contributed by atoms with E-state index in [-0.39, 0.29) is 0 Å². The Labute approximate surface area is 194 Å². The van der Waals surface area contributed by atoms with E-state index in [9.17, 15) is 0 Å². The van der Waals surface area contributed by atoms with Crippen LogP contribution in [0.15, 0.2) is 71.8 Å². The fraction of sp³-hybridized carbons (Fsp3) is 0.200. The summed E-state index contributed by atoms with van der Waals surface area (Å²) in [5, 5.41) is 7.67. The Kier molecular flexibility index (Phi) is 8.45. The smallest absolute Gasteiger partial charge is 0.191 e. The highest BCUT2D eigenvalue weighted by Gasteiger charge is 2.05. The van der Waals surface area contributed by atoms with Crippen molar-refractivity contribution in [2.24, 2.45) is 5.10 Å². The number of hydrogen-bond donors (Lipinski definition) is 2. The number of thiocarbonyl (C=S) groups is 1. The van der Waals surface area contributed by atoms with E-state index in [1.165, 1.54) is 11.1 Å². The minimum atomic E-state index is 0.401. The molecule has 0 saturated carbocycles. The second kappa shape index (κ2) is 11.7. The number of ether oxygens (including phenoxy) is 3. The number of benzene rings is 3. The predicted octanol–water partition coefficient (Wildman–Crippen LogP) is 5.09. The van der Waals surface area contributed by atoms with Gasteiger partial charge in [0, 0.05) is 5.69 Å². The van der Waals surface area contributed by atoms with Gasteiger partial charge in [-0.3, -0.25) is 5.43 Å². The molecule has 0 heterocycles. The van der Waals surface area contributed by atoms with Crippen LogP contribution in [0.25, 0.3) is 0 Å². The summed E-state index contributed by atoms with van der Waals surface area (Å²) in [4.78, 5) is 0. The molecule has 0 aliphatic carbocycles. The van der Waals surface area contributed by atoms with E-state index in [0.29, 0.717) is 29.8 Å². The van der Waals surface area contributed by atoms with Crippen molar-refractivity contribution in [3.05, 3.63) is 83.4 Å². The molecular formula is C25H27N3O3S. The van der Waals surface area contributed by atoms with Crippen LogP contribution in [-0.4, -0.2) is 31.7 Å². The van der Waals surface area contributed by atoms with Crippen LogP contribution < -0.4 is 25.0 Å². The minimum Gasteiger partial charge on any atom is -0.493 e. The molecule has 0 aliphatic rings. The van der Waals surface area contributed by atoms with Crippen molar-refractivity contribution in [2.75, 3.05) is 25.6 Å². The zero-order chi connectivity index (χ0) is 22.8. The fourth-order valence-electron chi connectivity index (χ4n) is 2.79. The summed E-state index contributed by atoms with van der Waals surface area (Å²) in [5.41, 5.74) is 6.94. The summed E-state index contributed by atoms with van der Waals surface area (Å²) in [6.45, 7) is 4.91. The molecule has 166 valence electrons. The van der Waals surface area contributed by atoms with E-state index in [1.54, 1.807) is 13.3 Å². The summed E-state index contributed by atoms with van der Waals surface area (Å²) < 4.78 is 16.9. The van der Waals surface area contributed by atoms with Crippen LogP contribution in [0.1, 0.15) is 16.7 Å². The van der Waals surface area contributed by atoms with E-state index in [0.717, 1.165) is 17.0 Å². The molecule has 32 heavy (non-hydrogen) atoms. The average Bonchev–Trinajstić information content (AvgIpc) is 2.80. The van der Waals surface area contributed by atoms with Gasteiger partial charge in [-0.15, -0.1) is 0 Å². The molecule has 0 aliphatic heterocycles. The molecular weight excluding hydrogens is 422 g/mol. The van der Waals surface area contributed by atoms with Crippen molar-refractivity contribution in [2.45, 2.75) is 13.8 Å². The van der Waals surface area contributed by atoms with Crippen molar-refractivity contribution in [3.8, 4) is 17.2 Å². The van der Waals surface area contributed by atoms with E-state index < -0.39 is 0 Å². The molecule has 7 heteroatoms. The lowest BCUT2D eigenvalue weighted by Gasteiger charge is -2.12. The van der Waals surface area contributed by atoms with Gasteiger partial charge < -0.3 is 19.5 Å². The molecule has 0 bridgehead atoms. The van der Waals surface area contributed by atoms with Gasteiger partial charge in [0.15, 0.2) is 16.6 Å². The van der Waals surface area contributed by atoms with Gasteiger partial charge >= 0.3 is 0 Å². The summed E-state index contributed by atoms with van der Waals surface area (Å²) in [7, 11) is 1.60. The van der Waals surface area contributed by atoms with Crippen molar-refractivity contribution in [1.29, 1.82) is 0 Å². The quantitative estimate of drug-likeness (QED) is 0.205. The van der Waals surface area contributed by atoms with Gasteiger partial charge in [-0.1, -0.05) is 35.4 Å². The molecule has 0 aromatic heterocycles. The number of hydrogen-bond acceptors (Lipinski definition) is 5. The Morgan fingerprint density at radius 3 is 2.22 bits per heavy atom.